The van der Waals surface area contributed by atoms with Gasteiger partial charge >= 0.3 is 7.52 Å². The molecule has 1 atom stereocenters. The van der Waals surface area contributed by atoms with Gasteiger partial charge in [0.25, 0.3) is 0 Å². The van der Waals surface area contributed by atoms with Gasteiger partial charge in [0.1, 0.15) is 5.75 Å². The second kappa shape index (κ2) is 7.22. The van der Waals surface area contributed by atoms with Crippen LogP contribution in [-0.4, -0.2) is 0 Å². The van der Waals surface area contributed by atoms with Crippen molar-refractivity contribution in [1.82, 2.24) is 0 Å². The maximum atomic E-state index is 14.1. The van der Waals surface area contributed by atoms with Gasteiger partial charge in [-0.15, -0.1) is 0 Å². The average Bonchev–Trinajstić information content (AvgIpc) is 2.79. The lowest BCUT2D eigenvalue weighted by Crippen LogP contribution is -2.11. The molecule has 5 rings (SSSR count). The summed E-state index contributed by atoms with van der Waals surface area (Å²) >= 11 is 0. The summed E-state index contributed by atoms with van der Waals surface area (Å²) < 4.78 is 20.2. The molecule has 0 saturated heterocycles. The molecule has 0 aromatic heterocycles. The third-order valence-electron chi connectivity index (χ3n) is 5.12. The number of para-hydroxylation sites is 1. The number of hydrogen-bond acceptors (Lipinski definition) is 3. The molecular weight excluding hydrogens is 391 g/mol. The van der Waals surface area contributed by atoms with Crippen molar-refractivity contribution < 1.29 is 9.09 Å². The highest BCUT2D eigenvalue weighted by molar-refractivity contribution is 7.72. The first-order chi connectivity index (χ1) is 14.7. The van der Waals surface area contributed by atoms with E-state index in [1.54, 1.807) is 24.3 Å². The van der Waals surface area contributed by atoms with E-state index in [0.717, 1.165) is 27.6 Å². The van der Waals surface area contributed by atoms with Crippen LogP contribution < -0.4 is 9.61 Å². The van der Waals surface area contributed by atoms with Crippen LogP contribution in [0.5, 0.6) is 5.75 Å². The minimum Gasteiger partial charge on any atom is -0.426 e. The number of benzene rings is 4. The number of rotatable bonds is 3. The summed E-state index contributed by atoms with van der Waals surface area (Å²) in [6, 6.07) is 30.4. The molecule has 4 nitrogen and oxygen atoms in total. The van der Waals surface area contributed by atoms with E-state index in [4.69, 9.17) is 9.79 Å². The molecule has 1 aliphatic rings. The largest absolute Gasteiger partial charge is 0.426 e. The van der Waals surface area contributed by atoms with Crippen molar-refractivity contribution in [3.8, 4) is 11.8 Å². The van der Waals surface area contributed by atoms with Gasteiger partial charge in [0, 0.05) is 5.56 Å². The van der Waals surface area contributed by atoms with E-state index in [9.17, 15) is 4.57 Å². The molecule has 0 bridgehead atoms. The first kappa shape index (κ1) is 18.2. The van der Waals surface area contributed by atoms with Crippen LogP contribution in [0.2, 0.25) is 0 Å². The Morgan fingerprint density at radius 3 is 2.33 bits per heavy atom. The minimum absolute atomic E-state index is 0.525. The van der Waals surface area contributed by atoms with Crippen molar-refractivity contribution in [2.24, 2.45) is 0 Å². The van der Waals surface area contributed by atoms with E-state index < -0.39 is 7.52 Å². The standard InChI is InChI=1S/C25H17N2O2P/c26-17-18-10-12-20(13-11-18)25-16-23-22-9-5-4-6-19(22)14-15-24(23)27-30(25,28)29-21-7-2-1-3-8-21/h1-16H,(H,27,28). The third-order valence-corrected chi connectivity index (χ3v) is 7.15. The Kier molecular flexibility index (Phi) is 4.39. The normalized spacial score (nSPS) is 17.4. The van der Waals surface area contributed by atoms with Crippen LogP contribution in [0, 0.1) is 11.3 Å². The van der Waals surface area contributed by atoms with E-state index in [0.29, 0.717) is 16.6 Å². The Bertz CT molecular complexity index is 1370. The number of nitrogens with one attached hydrogen (secondary N) is 1. The molecule has 0 amide bonds. The summed E-state index contributed by atoms with van der Waals surface area (Å²) in [7, 11) is -3.47. The molecule has 30 heavy (non-hydrogen) atoms. The summed E-state index contributed by atoms with van der Waals surface area (Å²) in [6.45, 7) is 0. The summed E-state index contributed by atoms with van der Waals surface area (Å²) in [5.41, 5.74) is 3.04. The van der Waals surface area contributed by atoms with Crippen LogP contribution in [0.3, 0.4) is 0 Å². The number of hydrogen-bond donors (Lipinski definition) is 1. The maximum Gasteiger partial charge on any atom is 0.372 e. The fourth-order valence-corrected chi connectivity index (χ4v) is 5.64. The quantitative estimate of drug-likeness (QED) is 0.374. The Morgan fingerprint density at radius 1 is 0.833 bits per heavy atom. The van der Waals surface area contributed by atoms with Gasteiger partial charge in [-0.2, -0.15) is 5.26 Å². The van der Waals surface area contributed by atoms with Crippen molar-refractivity contribution in [2.75, 3.05) is 5.09 Å². The molecule has 0 saturated carbocycles. The second-order valence-electron chi connectivity index (χ2n) is 7.03. The minimum atomic E-state index is -3.47. The van der Waals surface area contributed by atoms with E-state index in [-0.39, 0.29) is 0 Å². The smallest absolute Gasteiger partial charge is 0.372 e. The maximum absolute atomic E-state index is 14.1. The lowest BCUT2D eigenvalue weighted by Gasteiger charge is -2.29. The van der Waals surface area contributed by atoms with Crippen LogP contribution in [-0.2, 0) is 4.57 Å². The fourth-order valence-electron chi connectivity index (χ4n) is 3.66. The Hall–Kier alpha value is -3.80. The summed E-state index contributed by atoms with van der Waals surface area (Å²) in [6.07, 6.45) is 1.94. The van der Waals surface area contributed by atoms with E-state index in [1.807, 2.05) is 60.7 Å². The molecule has 4 aromatic carbocycles. The molecule has 0 aliphatic carbocycles. The number of nitriles is 1. The van der Waals surface area contributed by atoms with Gasteiger partial charge in [-0.05, 0) is 52.7 Å². The lowest BCUT2D eigenvalue weighted by molar-refractivity contribution is 0.498. The number of fused-ring (bicyclic) bond motifs is 3. The molecule has 1 N–H and O–H groups in total. The van der Waals surface area contributed by atoms with Crippen molar-refractivity contribution in [3.63, 3.8) is 0 Å². The fraction of sp³-hybridized carbons (Fsp3) is 0. The molecule has 1 unspecified atom stereocenters. The molecule has 4 aromatic rings. The first-order valence-electron chi connectivity index (χ1n) is 9.54. The second-order valence-corrected chi connectivity index (χ2v) is 9.03. The molecule has 0 radical (unpaired) electrons. The van der Waals surface area contributed by atoms with Crippen LogP contribution in [0.1, 0.15) is 16.7 Å². The monoisotopic (exact) mass is 408 g/mol. The molecule has 0 fully saturated rings. The summed E-state index contributed by atoms with van der Waals surface area (Å²) in [5.74, 6) is 0.525. The Morgan fingerprint density at radius 2 is 1.57 bits per heavy atom. The predicted molar refractivity (Wildman–Crippen MR) is 121 cm³/mol. The van der Waals surface area contributed by atoms with Gasteiger partial charge in [-0.1, -0.05) is 60.7 Å². The van der Waals surface area contributed by atoms with Crippen LogP contribution in [0.4, 0.5) is 5.69 Å². The van der Waals surface area contributed by atoms with Gasteiger partial charge in [0.15, 0.2) is 0 Å². The van der Waals surface area contributed by atoms with E-state index in [1.165, 1.54) is 0 Å². The average molecular weight is 408 g/mol. The Balaban J connectivity index is 1.71. The van der Waals surface area contributed by atoms with E-state index >= 15 is 0 Å². The molecule has 0 spiro atoms. The van der Waals surface area contributed by atoms with Gasteiger partial charge in [0.2, 0.25) is 0 Å². The predicted octanol–water partition coefficient (Wildman–Crippen LogP) is 6.91. The SMILES string of the molecule is N#Cc1ccc(C2=Cc3c(ccc4ccccc34)NP2(=O)Oc2ccccc2)cc1. The van der Waals surface area contributed by atoms with Gasteiger partial charge in [0.05, 0.1) is 22.6 Å². The van der Waals surface area contributed by atoms with Crippen LogP contribution in [0.15, 0.2) is 91.0 Å². The molecular formula is C25H17N2O2P. The summed E-state index contributed by atoms with van der Waals surface area (Å²) in [4.78, 5) is 0. The zero-order chi connectivity index (χ0) is 20.6. The third kappa shape index (κ3) is 3.16. The summed E-state index contributed by atoms with van der Waals surface area (Å²) in [5, 5.41) is 15.1. The zero-order valence-corrected chi connectivity index (χ0v) is 16.8. The highest BCUT2D eigenvalue weighted by atomic mass is 31.2. The molecule has 144 valence electrons. The molecule has 1 heterocycles. The van der Waals surface area contributed by atoms with Crippen molar-refractivity contribution in [1.29, 1.82) is 5.26 Å². The van der Waals surface area contributed by atoms with Gasteiger partial charge in [-0.25, -0.2) is 4.57 Å². The zero-order valence-electron chi connectivity index (χ0n) is 15.9. The Labute approximate surface area is 174 Å². The highest BCUT2D eigenvalue weighted by Gasteiger charge is 2.36. The molecule has 1 aliphatic heterocycles. The van der Waals surface area contributed by atoms with Crippen LogP contribution in [0.25, 0.3) is 22.2 Å². The number of nitrogens with zero attached hydrogens (tertiary/aromatic N) is 1. The van der Waals surface area contributed by atoms with Gasteiger partial charge < -0.3 is 9.61 Å². The lowest BCUT2D eigenvalue weighted by atomic mass is 10.0. The highest BCUT2D eigenvalue weighted by Crippen LogP contribution is 2.62. The van der Waals surface area contributed by atoms with Gasteiger partial charge in [-0.3, -0.25) is 0 Å². The topological polar surface area (TPSA) is 62.1 Å². The van der Waals surface area contributed by atoms with Crippen molar-refractivity contribution in [3.05, 3.63) is 108 Å². The van der Waals surface area contributed by atoms with Crippen molar-refractivity contribution in [2.45, 2.75) is 0 Å². The van der Waals surface area contributed by atoms with Crippen molar-refractivity contribution >= 4 is 35.4 Å². The van der Waals surface area contributed by atoms with Crippen LogP contribution >= 0.6 is 7.52 Å². The number of anilines is 1. The first-order valence-corrected chi connectivity index (χ1v) is 11.2. The molecule has 5 heteroatoms. The van der Waals surface area contributed by atoms with E-state index in [2.05, 4.69) is 23.3 Å².